The third-order valence-corrected chi connectivity index (χ3v) is 5.79. The summed E-state index contributed by atoms with van der Waals surface area (Å²) >= 11 is 0. The molecule has 0 aromatic rings. The van der Waals surface area contributed by atoms with Gasteiger partial charge in [-0.1, -0.05) is 90.4 Å². The first-order chi connectivity index (χ1) is 13.6. The predicted octanol–water partition coefficient (Wildman–Crippen LogP) is 5.60. The maximum atomic E-state index is 11.2. The summed E-state index contributed by atoms with van der Waals surface area (Å²) in [6.45, 7) is 3.40. The SMILES string of the molecule is CCCCCCCCCCCCCCCCC1=NC=C[N+]1(CCN)CC(=O)O. The predicted molar refractivity (Wildman–Crippen MR) is 118 cm³/mol. The number of carboxylic acid groups (broad SMARTS) is 1. The van der Waals surface area contributed by atoms with E-state index < -0.39 is 5.97 Å². The molecule has 1 aliphatic heterocycles. The van der Waals surface area contributed by atoms with Gasteiger partial charge in [0.15, 0.2) is 6.54 Å². The van der Waals surface area contributed by atoms with Crippen LogP contribution in [-0.4, -0.2) is 41.0 Å². The third-order valence-electron chi connectivity index (χ3n) is 5.79. The zero-order chi connectivity index (χ0) is 20.5. The highest BCUT2D eigenvalue weighted by Crippen LogP contribution is 2.21. The molecule has 0 fully saturated rings. The minimum atomic E-state index is -0.798. The van der Waals surface area contributed by atoms with Gasteiger partial charge < -0.3 is 10.8 Å². The minimum Gasteiger partial charge on any atom is -0.477 e. The molecule has 1 rings (SSSR count). The molecule has 1 aliphatic rings. The van der Waals surface area contributed by atoms with Gasteiger partial charge in [0.1, 0.15) is 12.7 Å². The van der Waals surface area contributed by atoms with Crippen molar-refractivity contribution in [1.29, 1.82) is 0 Å². The van der Waals surface area contributed by atoms with Crippen molar-refractivity contribution in [1.82, 2.24) is 0 Å². The lowest BCUT2D eigenvalue weighted by molar-refractivity contribution is -0.778. The summed E-state index contributed by atoms with van der Waals surface area (Å²) in [5.74, 6) is 0.167. The number of rotatable bonds is 19. The van der Waals surface area contributed by atoms with E-state index in [-0.39, 0.29) is 6.54 Å². The molecule has 1 heterocycles. The number of aliphatic carboxylic acids is 1. The molecule has 0 saturated heterocycles. The number of amidine groups is 1. The molecule has 0 radical (unpaired) electrons. The molecular formula is C23H44N3O2+. The van der Waals surface area contributed by atoms with Crippen molar-refractivity contribution in [3.8, 4) is 0 Å². The molecule has 5 heteroatoms. The Morgan fingerprint density at radius 2 is 1.43 bits per heavy atom. The van der Waals surface area contributed by atoms with Crippen LogP contribution in [0.4, 0.5) is 0 Å². The Balaban J connectivity index is 2.01. The highest BCUT2D eigenvalue weighted by molar-refractivity contribution is 5.81. The van der Waals surface area contributed by atoms with Crippen LogP contribution in [0.25, 0.3) is 0 Å². The molecule has 1 atom stereocenters. The van der Waals surface area contributed by atoms with E-state index in [1.54, 1.807) is 6.20 Å². The van der Waals surface area contributed by atoms with Gasteiger partial charge in [-0.05, 0) is 6.42 Å². The standard InChI is InChI=1S/C23H43N3O2/c1-2-3-4-5-6-7-8-9-10-11-12-13-14-15-16-22-25-18-20-26(22,19-17-24)21-23(27)28/h18,20H,2-17,19,21,24H2,1H3/p+1. The molecule has 0 aromatic heterocycles. The first-order valence-electron chi connectivity index (χ1n) is 11.7. The normalized spacial score (nSPS) is 18.6. The van der Waals surface area contributed by atoms with Crippen molar-refractivity contribution in [2.75, 3.05) is 19.6 Å². The second kappa shape index (κ2) is 15.7. The van der Waals surface area contributed by atoms with E-state index in [4.69, 9.17) is 5.73 Å². The molecule has 28 heavy (non-hydrogen) atoms. The molecule has 0 saturated carbocycles. The van der Waals surface area contributed by atoms with E-state index in [0.717, 1.165) is 18.7 Å². The number of hydrogen-bond donors (Lipinski definition) is 2. The summed E-state index contributed by atoms with van der Waals surface area (Å²) in [7, 11) is 0. The summed E-state index contributed by atoms with van der Waals surface area (Å²) in [4.78, 5) is 15.7. The number of unbranched alkanes of at least 4 members (excludes halogenated alkanes) is 13. The second-order valence-electron chi connectivity index (χ2n) is 8.29. The fraction of sp³-hybridized carbons (Fsp3) is 0.826. The fourth-order valence-corrected chi connectivity index (χ4v) is 4.11. The molecule has 0 spiro atoms. The molecule has 3 N–H and O–H groups in total. The van der Waals surface area contributed by atoms with E-state index in [2.05, 4.69) is 11.9 Å². The Morgan fingerprint density at radius 3 is 1.89 bits per heavy atom. The van der Waals surface area contributed by atoms with E-state index in [1.165, 1.54) is 83.5 Å². The molecule has 0 aromatic carbocycles. The number of carboxylic acids is 1. The van der Waals surface area contributed by atoms with Gasteiger partial charge in [-0.25, -0.2) is 14.3 Å². The van der Waals surface area contributed by atoms with Gasteiger partial charge in [0.2, 0.25) is 5.84 Å². The Morgan fingerprint density at radius 1 is 0.929 bits per heavy atom. The molecule has 0 amide bonds. The van der Waals surface area contributed by atoms with Crippen molar-refractivity contribution in [2.45, 2.75) is 103 Å². The van der Waals surface area contributed by atoms with Gasteiger partial charge in [0.05, 0.1) is 6.20 Å². The smallest absolute Gasteiger partial charge is 0.360 e. The number of aliphatic imine (C=N–C) groups is 1. The van der Waals surface area contributed by atoms with Crippen molar-refractivity contribution >= 4 is 11.8 Å². The van der Waals surface area contributed by atoms with Crippen LogP contribution in [0.2, 0.25) is 0 Å². The zero-order valence-corrected chi connectivity index (χ0v) is 18.2. The maximum absolute atomic E-state index is 11.2. The van der Waals surface area contributed by atoms with Crippen LogP contribution >= 0.6 is 0 Å². The molecule has 0 aliphatic carbocycles. The Hall–Kier alpha value is -1.20. The van der Waals surface area contributed by atoms with Gasteiger partial charge in [-0.15, -0.1) is 0 Å². The number of nitrogens with zero attached hydrogens (tertiary/aromatic N) is 2. The highest BCUT2D eigenvalue weighted by atomic mass is 16.4. The lowest BCUT2D eigenvalue weighted by atomic mass is 10.0. The van der Waals surface area contributed by atoms with E-state index in [9.17, 15) is 9.90 Å². The average Bonchev–Trinajstić information content (AvgIpc) is 3.03. The van der Waals surface area contributed by atoms with E-state index >= 15 is 0 Å². The topological polar surface area (TPSA) is 75.7 Å². The summed E-state index contributed by atoms with van der Waals surface area (Å²) in [6.07, 6.45) is 23.3. The van der Waals surface area contributed by atoms with Crippen LogP contribution in [0.15, 0.2) is 17.4 Å². The Kier molecular flexibility index (Phi) is 13.9. The monoisotopic (exact) mass is 394 g/mol. The minimum absolute atomic E-state index is 0.0468. The Bertz CT molecular complexity index is 476. The highest BCUT2D eigenvalue weighted by Gasteiger charge is 2.36. The van der Waals surface area contributed by atoms with Crippen LogP contribution in [0, 0.1) is 0 Å². The second-order valence-corrected chi connectivity index (χ2v) is 8.29. The lowest BCUT2D eigenvalue weighted by Crippen LogP contribution is -2.52. The van der Waals surface area contributed by atoms with Crippen molar-refractivity contribution in [3.05, 3.63) is 12.4 Å². The van der Waals surface area contributed by atoms with Crippen LogP contribution in [0.3, 0.4) is 0 Å². The van der Waals surface area contributed by atoms with E-state index in [1.807, 2.05) is 6.20 Å². The van der Waals surface area contributed by atoms with Gasteiger partial charge in [0, 0.05) is 13.0 Å². The van der Waals surface area contributed by atoms with Gasteiger partial charge >= 0.3 is 5.97 Å². The Labute approximate surface area is 172 Å². The summed E-state index contributed by atoms with van der Waals surface area (Å²) in [5.41, 5.74) is 5.71. The fourth-order valence-electron chi connectivity index (χ4n) is 4.11. The van der Waals surface area contributed by atoms with Crippen LogP contribution < -0.4 is 5.73 Å². The average molecular weight is 395 g/mol. The molecule has 0 bridgehead atoms. The van der Waals surface area contributed by atoms with Crippen molar-refractivity contribution in [2.24, 2.45) is 10.7 Å². The van der Waals surface area contributed by atoms with Gasteiger partial charge in [0.25, 0.3) is 0 Å². The molecule has 5 nitrogen and oxygen atoms in total. The van der Waals surface area contributed by atoms with Crippen LogP contribution in [0.5, 0.6) is 0 Å². The summed E-state index contributed by atoms with van der Waals surface area (Å²) < 4.78 is 0.310. The maximum Gasteiger partial charge on any atom is 0.360 e. The summed E-state index contributed by atoms with van der Waals surface area (Å²) in [5, 5.41) is 9.23. The molecule has 1 unspecified atom stereocenters. The first kappa shape index (κ1) is 24.8. The van der Waals surface area contributed by atoms with Crippen LogP contribution in [0.1, 0.15) is 103 Å². The van der Waals surface area contributed by atoms with Crippen molar-refractivity contribution < 1.29 is 14.4 Å². The third kappa shape index (κ3) is 10.4. The molecular weight excluding hydrogens is 350 g/mol. The first-order valence-corrected chi connectivity index (χ1v) is 11.7. The number of quaternary nitrogens is 1. The van der Waals surface area contributed by atoms with Crippen LogP contribution in [-0.2, 0) is 4.79 Å². The summed E-state index contributed by atoms with van der Waals surface area (Å²) in [6, 6.07) is 0. The number of hydrogen-bond acceptors (Lipinski definition) is 3. The number of nitrogens with two attached hydrogens (primary N) is 1. The van der Waals surface area contributed by atoms with Gasteiger partial charge in [-0.2, -0.15) is 0 Å². The van der Waals surface area contributed by atoms with E-state index in [0.29, 0.717) is 17.6 Å². The quantitative estimate of drug-likeness (QED) is 0.221. The lowest BCUT2D eigenvalue weighted by Gasteiger charge is -2.30. The number of carbonyl (C=O) groups is 1. The molecule has 162 valence electrons. The largest absolute Gasteiger partial charge is 0.477 e. The zero-order valence-electron chi connectivity index (χ0n) is 18.2. The van der Waals surface area contributed by atoms with Gasteiger partial charge in [-0.3, -0.25) is 0 Å². The van der Waals surface area contributed by atoms with Crippen molar-refractivity contribution in [3.63, 3.8) is 0 Å².